The van der Waals surface area contributed by atoms with Crippen LogP contribution >= 0.6 is 0 Å². The zero-order valence-corrected chi connectivity index (χ0v) is 22.8. The van der Waals surface area contributed by atoms with Crippen molar-refractivity contribution in [3.05, 3.63) is 90.3 Å². The molecule has 5 heterocycles. The Kier molecular flexibility index (Phi) is 10.5. The minimum absolute atomic E-state index is 0.308. The average molecular weight is 551 g/mol. The van der Waals surface area contributed by atoms with E-state index in [1.165, 1.54) is 18.3 Å². The number of imidazole rings is 2. The number of anilines is 1. The van der Waals surface area contributed by atoms with Crippen molar-refractivity contribution in [3.8, 4) is 11.4 Å². The highest BCUT2D eigenvalue weighted by Gasteiger charge is 2.25. The topological polar surface area (TPSA) is 113 Å². The summed E-state index contributed by atoms with van der Waals surface area (Å²) >= 11 is 0. The van der Waals surface area contributed by atoms with Gasteiger partial charge in [-0.3, -0.25) is 9.69 Å². The zero-order chi connectivity index (χ0) is 29.2. The number of carbonyl (C=O) groups excluding carboxylic acids is 1. The van der Waals surface area contributed by atoms with Crippen LogP contribution in [-0.2, 0) is 13.1 Å². The Morgan fingerprint density at radius 2 is 1.95 bits per heavy atom. The smallest absolute Gasteiger partial charge is 0.213 e. The van der Waals surface area contributed by atoms with Gasteiger partial charge >= 0.3 is 0 Å². The van der Waals surface area contributed by atoms with Crippen LogP contribution < -0.4 is 5.32 Å². The molecule has 0 spiro atoms. The number of likely N-dealkylation sites (N-methyl/N-ethyl adjacent to an activating group) is 1. The number of nitrogens with zero attached hydrogens (tertiary/aromatic N) is 7. The van der Waals surface area contributed by atoms with Crippen LogP contribution in [0.1, 0.15) is 28.8 Å². The van der Waals surface area contributed by atoms with Crippen molar-refractivity contribution >= 4 is 23.3 Å². The molecular formula is C28H32F2N8O2. The summed E-state index contributed by atoms with van der Waals surface area (Å²) in [7, 11) is 4.91. The van der Waals surface area contributed by atoms with Gasteiger partial charge < -0.3 is 15.0 Å². The summed E-state index contributed by atoms with van der Waals surface area (Å²) in [6, 6.07) is 6.42. The molecule has 10 nitrogen and oxygen atoms in total. The third-order valence-corrected chi connectivity index (χ3v) is 5.90. The lowest BCUT2D eigenvalue weighted by Crippen LogP contribution is -2.30. The Morgan fingerprint density at radius 1 is 1.18 bits per heavy atom. The van der Waals surface area contributed by atoms with Crippen LogP contribution in [0.2, 0.25) is 0 Å². The van der Waals surface area contributed by atoms with E-state index in [4.69, 9.17) is 15.2 Å². The number of aliphatic hydroxyl groups excluding tert-OH is 1. The molecule has 0 amide bonds. The highest BCUT2D eigenvalue weighted by atomic mass is 19.1. The molecule has 210 valence electrons. The summed E-state index contributed by atoms with van der Waals surface area (Å²) < 4.78 is 29.3. The number of aliphatic hydroxyl groups is 1. The van der Waals surface area contributed by atoms with E-state index in [-0.39, 0.29) is 0 Å². The number of hydrogen-bond acceptors (Lipinski definition) is 8. The monoisotopic (exact) mass is 550 g/mol. The van der Waals surface area contributed by atoms with E-state index in [2.05, 4.69) is 38.4 Å². The highest BCUT2D eigenvalue weighted by Crippen LogP contribution is 2.32. The molecule has 0 unspecified atom stereocenters. The van der Waals surface area contributed by atoms with Gasteiger partial charge in [-0.2, -0.15) is 9.49 Å². The average Bonchev–Trinajstić information content (AvgIpc) is 3.55. The molecule has 0 saturated heterocycles. The van der Waals surface area contributed by atoms with E-state index >= 15 is 0 Å². The van der Waals surface area contributed by atoms with Crippen molar-refractivity contribution < 1.29 is 18.7 Å². The summed E-state index contributed by atoms with van der Waals surface area (Å²) in [5, 5.41) is 14.8. The predicted octanol–water partition coefficient (Wildman–Crippen LogP) is 4.16. The molecule has 0 bridgehead atoms. The first-order valence-corrected chi connectivity index (χ1v) is 12.4. The van der Waals surface area contributed by atoms with Crippen LogP contribution in [-0.4, -0.2) is 73.2 Å². The standard InChI is InChI=1S/C21H24FN7.C6H4FNO.CH4O/c1-5-15(7-6-14(2)22)20-21(28-11-10-27(4)13-19(28)25-20)16-8-9-18-24-17(23-3)12-29(18)26-16;7-6-3-5(4-9)1-2-8-6;1-2/h5-9,12,23H,2,10-11,13H2,1,3-4H3;1-4H;2H,1H3/b7-6-,15-5+;;. The molecule has 1 aliphatic rings. The number of carbonyl (C=O) groups is 1. The van der Waals surface area contributed by atoms with Gasteiger partial charge in [0.1, 0.15) is 29.4 Å². The SMILES string of the molecule is C=C(F)/C=C\C(=C/C)c1nc2n(c1-c1ccc3nc(NC)cn3n1)CCN(C)C2.CO.O=Cc1ccnc(F)c1. The van der Waals surface area contributed by atoms with Gasteiger partial charge in [-0.05, 0) is 43.8 Å². The summed E-state index contributed by atoms with van der Waals surface area (Å²) in [6.45, 7) is 7.72. The number of aromatic nitrogens is 6. The minimum Gasteiger partial charge on any atom is -0.400 e. The van der Waals surface area contributed by atoms with Gasteiger partial charge in [-0.15, -0.1) is 0 Å². The van der Waals surface area contributed by atoms with Gasteiger partial charge in [-0.25, -0.2) is 23.9 Å². The number of aldehydes is 1. The Morgan fingerprint density at radius 3 is 2.58 bits per heavy atom. The third-order valence-electron chi connectivity index (χ3n) is 5.90. The second-order valence-corrected chi connectivity index (χ2v) is 8.57. The lowest BCUT2D eigenvalue weighted by molar-refractivity contribution is 0.112. The first kappa shape index (κ1) is 30.0. The molecule has 0 aromatic carbocycles. The Labute approximate surface area is 231 Å². The lowest BCUT2D eigenvalue weighted by Gasteiger charge is -2.24. The van der Waals surface area contributed by atoms with Crippen molar-refractivity contribution in [1.82, 2.24) is 34.0 Å². The Bertz CT molecular complexity index is 1540. The number of fused-ring (bicyclic) bond motifs is 2. The van der Waals surface area contributed by atoms with Crippen LogP contribution in [0.15, 0.2) is 67.3 Å². The van der Waals surface area contributed by atoms with E-state index in [0.717, 1.165) is 72.8 Å². The number of allylic oxidation sites excluding steroid dienone is 5. The first-order chi connectivity index (χ1) is 19.3. The molecular weight excluding hydrogens is 518 g/mol. The van der Waals surface area contributed by atoms with Gasteiger partial charge in [0.2, 0.25) is 5.95 Å². The molecule has 0 aliphatic carbocycles. The number of rotatable bonds is 6. The van der Waals surface area contributed by atoms with Crippen LogP contribution in [0, 0.1) is 5.95 Å². The zero-order valence-electron chi connectivity index (χ0n) is 22.8. The van der Waals surface area contributed by atoms with E-state index in [9.17, 15) is 13.6 Å². The maximum atomic E-state index is 13.3. The van der Waals surface area contributed by atoms with E-state index in [1.54, 1.807) is 10.6 Å². The lowest BCUT2D eigenvalue weighted by atomic mass is 10.1. The van der Waals surface area contributed by atoms with E-state index < -0.39 is 11.8 Å². The van der Waals surface area contributed by atoms with Gasteiger partial charge in [0.15, 0.2) is 5.65 Å². The molecule has 4 aromatic rings. The van der Waals surface area contributed by atoms with Gasteiger partial charge in [0.05, 0.1) is 24.1 Å². The number of halogens is 2. The van der Waals surface area contributed by atoms with E-state index in [1.807, 2.05) is 38.4 Å². The van der Waals surface area contributed by atoms with Gasteiger partial charge in [-0.1, -0.05) is 18.7 Å². The largest absolute Gasteiger partial charge is 0.400 e. The predicted molar refractivity (Wildman–Crippen MR) is 151 cm³/mol. The summed E-state index contributed by atoms with van der Waals surface area (Å²) in [6.07, 6.45) is 8.66. The quantitative estimate of drug-likeness (QED) is 0.209. The summed E-state index contributed by atoms with van der Waals surface area (Å²) in [5.41, 5.74) is 4.41. The van der Waals surface area contributed by atoms with Crippen molar-refractivity contribution in [2.75, 3.05) is 33.1 Å². The maximum absolute atomic E-state index is 13.3. The number of pyridine rings is 1. The fraction of sp³-hybridized carbons (Fsp3) is 0.250. The molecule has 0 saturated carbocycles. The fourth-order valence-electron chi connectivity index (χ4n) is 4.02. The van der Waals surface area contributed by atoms with Crippen molar-refractivity contribution in [3.63, 3.8) is 0 Å². The number of nitrogens with one attached hydrogen (secondary N) is 1. The normalized spacial score (nSPS) is 13.2. The second-order valence-electron chi connectivity index (χ2n) is 8.57. The molecule has 40 heavy (non-hydrogen) atoms. The molecule has 2 N–H and O–H groups in total. The van der Waals surface area contributed by atoms with Crippen molar-refractivity contribution in [2.45, 2.75) is 20.0 Å². The molecule has 0 fully saturated rings. The van der Waals surface area contributed by atoms with Crippen LogP contribution in [0.25, 0.3) is 22.6 Å². The summed E-state index contributed by atoms with van der Waals surface area (Å²) in [5.74, 6) is 0.608. The molecule has 0 atom stereocenters. The van der Waals surface area contributed by atoms with Crippen molar-refractivity contribution in [2.24, 2.45) is 0 Å². The van der Waals surface area contributed by atoms with E-state index in [0.29, 0.717) is 11.8 Å². The molecule has 0 radical (unpaired) electrons. The first-order valence-electron chi connectivity index (χ1n) is 12.4. The van der Waals surface area contributed by atoms with Gasteiger partial charge in [0.25, 0.3) is 0 Å². The minimum atomic E-state index is -0.625. The molecule has 1 aliphatic heterocycles. The van der Waals surface area contributed by atoms with Crippen molar-refractivity contribution in [1.29, 1.82) is 0 Å². The fourth-order valence-corrected chi connectivity index (χ4v) is 4.02. The second kappa shape index (κ2) is 14.0. The Hall–Kier alpha value is -4.55. The molecule has 4 aromatic heterocycles. The maximum Gasteiger partial charge on any atom is 0.213 e. The van der Waals surface area contributed by atoms with Crippen LogP contribution in [0.4, 0.5) is 14.6 Å². The van der Waals surface area contributed by atoms with Gasteiger partial charge in [0, 0.05) is 45.1 Å². The number of hydrogen-bond donors (Lipinski definition) is 2. The summed E-state index contributed by atoms with van der Waals surface area (Å²) in [4.78, 5) is 24.8. The Balaban J connectivity index is 0.000000339. The third kappa shape index (κ3) is 7.10. The molecule has 5 rings (SSSR count). The van der Waals surface area contributed by atoms with Crippen LogP contribution in [0.5, 0.6) is 0 Å². The molecule has 12 heteroatoms. The van der Waals surface area contributed by atoms with Crippen LogP contribution in [0.3, 0.4) is 0 Å². The highest BCUT2D eigenvalue weighted by molar-refractivity contribution is 5.81.